The van der Waals surface area contributed by atoms with Crippen LogP contribution in [0.5, 0.6) is 0 Å². The lowest BCUT2D eigenvalue weighted by atomic mass is 9.70. The summed E-state index contributed by atoms with van der Waals surface area (Å²) in [6.45, 7) is 5.84. The zero-order valence-corrected chi connectivity index (χ0v) is 7.26. The van der Waals surface area contributed by atoms with Crippen molar-refractivity contribution in [3.8, 4) is 0 Å². The van der Waals surface area contributed by atoms with Crippen molar-refractivity contribution in [1.82, 2.24) is 0 Å². The van der Waals surface area contributed by atoms with Crippen LogP contribution in [-0.2, 0) is 4.74 Å². The van der Waals surface area contributed by atoms with E-state index < -0.39 is 0 Å². The van der Waals surface area contributed by atoms with Gasteiger partial charge in [0.1, 0.15) is 0 Å². The van der Waals surface area contributed by atoms with Gasteiger partial charge in [0.05, 0.1) is 19.3 Å². The molecule has 1 saturated heterocycles. The highest BCUT2D eigenvalue weighted by atomic mass is 16.5. The molecule has 1 unspecified atom stereocenters. The topological polar surface area (TPSA) is 29.5 Å². The minimum Gasteiger partial charge on any atom is -0.393 e. The second-order valence-corrected chi connectivity index (χ2v) is 4.39. The van der Waals surface area contributed by atoms with Crippen LogP contribution in [0.1, 0.15) is 26.7 Å². The van der Waals surface area contributed by atoms with Crippen LogP contribution in [0, 0.1) is 10.8 Å². The van der Waals surface area contributed by atoms with E-state index in [0.29, 0.717) is 0 Å². The molecule has 1 saturated carbocycles. The van der Waals surface area contributed by atoms with Gasteiger partial charge in [0.25, 0.3) is 0 Å². The highest BCUT2D eigenvalue weighted by molar-refractivity contribution is 5.10. The monoisotopic (exact) mass is 156 g/mol. The van der Waals surface area contributed by atoms with Crippen molar-refractivity contribution < 1.29 is 9.84 Å². The molecule has 11 heavy (non-hydrogen) atoms. The van der Waals surface area contributed by atoms with E-state index in [4.69, 9.17) is 4.74 Å². The van der Waals surface area contributed by atoms with Gasteiger partial charge in [-0.25, -0.2) is 0 Å². The van der Waals surface area contributed by atoms with E-state index in [-0.39, 0.29) is 16.9 Å². The van der Waals surface area contributed by atoms with Crippen LogP contribution in [-0.4, -0.2) is 24.4 Å². The van der Waals surface area contributed by atoms with E-state index in [1.54, 1.807) is 0 Å². The smallest absolute Gasteiger partial charge is 0.0575 e. The van der Waals surface area contributed by atoms with Gasteiger partial charge in [-0.15, -0.1) is 0 Å². The molecule has 64 valence electrons. The fourth-order valence-electron chi connectivity index (χ4n) is 2.36. The molecule has 0 aromatic carbocycles. The highest BCUT2D eigenvalue weighted by Crippen LogP contribution is 2.63. The van der Waals surface area contributed by atoms with E-state index in [1.165, 1.54) is 12.8 Å². The Morgan fingerprint density at radius 3 is 2.00 bits per heavy atom. The van der Waals surface area contributed by atoms with Crippen molar-refractivity contribution in [1.29, 1.82) is 0 Å². The van der Waals surface area contributed by atoms with Gasteiger partial charge in [0, 0.05) is 10.8 Å². The molecule has 0 amide bonds. The second kappa shape index (κ2) is 1.99. The van der Waals surface area contributed by atoms with Gasteiger partial charge in [-0.2, -0.15) is 0 Å². The number of aliphatic hydroxyl groups is 1. The minimum absolute atomic E-state index is 0.156. The lowest BCUT2D eigenvalue weighted by Gasteiger charge is -2.46. The Labute approximate surface area is 67.6 Å². The summed E-state index contributed by atoms with van der Waals surface area (Å²) < 4.78 is 5.20. The Balaban J connectivity index is 2.13. The van der Waals surface area contributed by atoms with Crippen molar-refractivity contribution >= 4 is 0 Å². The van der Waals surface area contributed by atoms with Crippen molar-refractivity contribution in [2.24, 2.45) is 10.8 Å². The highest BCUT2D eigenvalue weighted by Gasteiger charge is 2.62. The van der Waals surface area contributed by atoms with Gasteiger partial charge in [0.2, 0.25) is 0 Å². The van der Waals surface area contributed by atoms with Crippen LogP contribution in [0.4, 0.5) is 0 Å². The second-order valence-electron chi connectivity index (χ2n) is 4.39. The average Bonchev–Trinajstić information content (AvgIpc) is 2.61. The van der Waals surface area contributed by atoms with Crippen molar-refractivity contribution in [2.45, 2.75) is 32.8 Å². The summed E-state index contributed by atoms with van der Waals surface area (Å²) in [5.41, 5.74) is 0.492. The first-order valence-corrected chi connectivity index (χ1v) is 4.37. The Bertz CT molecular complexity index is 166. The molecule has 1 N–H and O–H groups in total. The van der Waals surface area contributed by atoms with Gasteiger partial charge < -0.3 is 9.84 Å². The summed E-state index contributed by atoms with van der Waals surface area (Å²) in [7, 11) is 0. The largest absolute Gasteiger partial charge is 0.393 e. The molecule has 2 fully saturated rings. The fourth-order valence-corrected chi connectivity index (χ4v) is 2.36. The molecule has 1 heterocycles. The van der Waals surface area contributed by atoms with Crippen molar-refractivity contribution in [3.05, 3.63) is 0 Å². The minimum atomic E-state index is -0.156. The number of ether oxygens (including phenoxy) is 1. The molecule has 2 aliphatic rings. The van der Waals surface area contributed by atoms with Gasteiger partial charge in [-0.3, -0.25) is 0 Å². The maximum absolute atomic E-state index is 9.59. The SMILES string of the molecule is CC(O)C1(C2(C)COC2)CC1. The average molecular weight is 156 g/mol. The summed E-state index contributed by atoms with van der Waals surface area (Å²) >= 11 is 0. The maximum Gasteiger partial charge on any atom is 0.0575 e. The summed E-state index contributed by atoms with van der Waals surface area (Å²) in [4.78, 5) is 0. The Hall–Kier alpha value is -0.0800. The summed E-state index contributed by atoms with van der Waals surface area (Å²) in [5.74, 6) is 0. The third-order valence-electron chi connectivity index (χ3n) is 3.63. The van der Waals surface area contributed by atoms with Crippen molar-refractivity contribution in [3.63, 3.8) is 0 Å². The molecular formula is C9H16O2. The molecule has 1 aliphatic carbocycles. The molecule has 0 aromatic heterocycles. The third-order valence-corrected chi connectivity index (χ3v) is 3.63. The van der Waals surface area contributed by atoms with Crippen LogP contribution in [0.15, 0.2) is 0 Å². The summed E-state index contributed by atoms with van der Waals surface area (Å²) in [6, 6.07) is 0. The summed E-state index contributed by atoms with van der Waals surface area (Å²) in [6.07, 6.45) is 2.21. The molecule has 2 nitrogen and oxygen atoms in total. The summed E-state index contributed by atoms with van der Waals surface area (Å²) in [5, 5.41) is 9.59. The standard InChI is InChI=1S/C9H16O2/c1-7(10)9(3-4-9)8(2)5-11-6-8/h7,10H,3-6H2,1-2H3. The first-order chi connectivity index (χ1) is 5.11. The van der Waals surface area contributed by atoms with E-state index in [0.717, 1.165) is 13.2 Å². The third kappa shape index (κ3) is 0.798. The maximum atomic E-state index is 9.59. The van der Waals surface area contributed by atoms with Crippen molar-refractivity contribution in [2.75, 3.05) is 13.2 Å². The Morgan fingerprint density at radius 1 is 1.36 bits per heavy atom. The molecule has 1 atom stereocenters. The molecule has 2 rings (SSSR count). The van der Waals surface area contributed by atoms with Gasteiger partial charge in [-0.05, 0) is 19.8 Å². The molecular weight excluding hydrogens is 140 g/mol. The lowest BCUT2D eigenvalue weighted by molar-refractivity contribution is -0.167. The predicted molar refractivity (Wildman–Crippen MR) is 42.3 cm³/mol. The van der Waals surface area contributed by atoms with Crippen LogP contribution in [0.2, 0.25) is 0 Å². The molecule has 0 bridgehead atoms. The quantitative estimate of drug-likeness (QED) is 0.650. The first kappa shape index (κ1) is 7.56. The number of hydrogen-bond donors (Lipinski definition) is 1. The first-order valence-electron chi connectivity index (χ1n) is 4.37. The Kier molecular flexibility index (Phi) is 1.37. The fraction of sp³-hybridized carbons (Fsp3) is 1.00. The molecule has 0 radical (unpaired) electrons. The number of aliphatic hydroxyl groups excluding tert-OH is 1. The van der Waals surface area contributed by atoms with Crippen LogP contribution >= 0.6 is 0 Å². The van der Waals surface area contributed by atoms with Crippen LogP contribution in [0.25, 0.3) is 0 Å². The zero-order valence-electron chi connectivity index (χ0n) is 7.26. The van der Waals surface area contributed by atoms with Gasteiger partial charge in [-0.1, -0.05) is 6.92 Å². The van der Waals surface area contributed by atoms with Gasteiger partial charge >= 0.3 is 0 Å². The normalized spacial score (nSPS) is 34.1. The molecule has 2 heteroatoms. The van der Waals surface area contributed by atoms with Gasteiger partial charge in [0.15, 0.2) is 0 Å². The predicted octanol–water partition coefficient (Wildman–Crippen LogP) is 1.18. The van der Waals surface area contributed by atoms with Crippen LogP contribution < -0.4 is 0 Å². The number of rotatable bonds is 2. The number of hydrogen-bond acceptors (Lipinski definition) is 2. The Morgan fingerprint density at radius 2 is 1.91 bits per heavy atom. The zero-order chi connectivity index (χ0) is 8.11. The molecule has 0 spiro atoms. The van der Waals surface area contributed by atoms with E-state index in [1.807, 2.05) is 6.92 Å². The molecule has 1 aliphatic heterocycles. The van der Waals surface area contributed by atoms with E-state index in [9.17, 15) is 5.11 Å². The van der Waals surface area contributed by atoms with Crippen LogP contribution in [0.3, 0.4) is 0 Å². The lowest BCUT2D eigenvalue weighted by Crippen LogP contribution is -2.51. The van der Waals surface area contributed by atoms with E-state index in [2.05, 4.69) is 6.92 Å². The van der Waals surface area contributed by atoms with E-state index >= 15 is 0 Å². The molecule has 0 aromatic rings.